The first-order valence-corrected chi connectivity index (χ1v) is 5.75. The summed E-state index contributed by atoms with van der Waals surface area (Å²) in [6.45, 7) is 6.26. The summed E-state index contributed by atoms with van der Waals surface area (Å²) in [4.78, 5) is 6.29. The molecule has 0 aliphatic heterocycles. The highest BCUT2D eigenvalue weighted by atomic mass is 16.4. The van der Waals surface area contributed by atoms with E-state index in [0.717, 1.165) is 30.6 Å². The van der Waals surface area contributed by atoms with Crippen LogP contribution >= 0.6 is 0 Å². The van der Waals surface area contributed by atoms with Crippen LogP contribution in [0.1, 0.15) is 24.5 Å². The van der Waals surface area contributed by atoms with Crippen LogP contribution in [0.4, 0.5) is 0 Å². The predicted octanol–water partition coefficient (Wildman–Crippen LogP) is 1.35. The lowest BCUT2D eigenvalue weighted by Gasteiger charge is -2.20. The highest BCUT2D eigenvalue weighted by Crippen LogP contribution is 2.06. The van der Waals surface area contributed by atoms with Gasteiger partial charge >= 0.3 is 0 Å². The summed E-state index contributed by atoms with van der Waals surface area (Å²) in [5.74, 6) is 0.235. The summed E-state index contributed by atoms with van der Waals surface area (Å²) in [5, 5.41) is 11.6. The van der Waals surface area contributed by atoms with Crippen molar-refractivity contribution in [3.63, 3.8) is 0 Å². The molecule has 0 radical (unpaired) electrons. The predicted molar refractivity (Wildman–Crippen MR) is 68.0 cm³/mol. The van der Waals surface area contributed by atoms with Gasteiger partial charge in [-0.3, -0.25) is 9.88 Å². The molecule has 0 aliphatic rings. The van der Waals surface area contributed by atoms with Crippen LogP contribution in [-0.2, 0) is 6.54 Å². The lowest BCUT2D eigenvalue weighted by atomic mass is 10.2. The molecule has 0 fully saturated rings. The fourth-order valence-corrected chi connectivity index (χ4v) is 1.75. The molecule has 0 aromatic carbocycles. The van der Waals surface area contributed by atoms with Crippen molar-refractivity contribution < 1.29 is 5.21 Å². The molecular formula is C12H20N4O. The Hall–Kier alpha value is -1.62. The van der Waals surface area contributed by atoms with Crippen molar-refractivity contribution in [3.05, 3.63) is 29.6 Å². The van der Waals surface area contributed by atoms with Crippen molar-refractivity contribution in [2.75, 3.05) is 13.1 Å². The zero-order chi connectivity index (χ0) is 12.7. The molecule has 0 aliphatic carbocycles. The lowest BCUT2D eigenvalue weighted by Crippen LogP contribution is -2.34. The summed E-state index contributed by atoms with van der Waals surface area (Å²) < 4.78 is 0. The number of rotatable bonds is 6. The van der Waals surface area contributed by atoms with Crippen LogP contribution in [-0.4, -0.2) is 34.0 Å². The largest absolute Gasteiger partial charge is 0.409 e. The SMILES string of the molecule is CCCN(C/C(N)=N/O)Cc1cncc(C)c1. The second-order valence-electron chi connectivity index (χ2n) is 4.17. The van der Waals surface area contributed by atoms with E-state index in [0.29, 0.717) is 6.54 Å². The summed E-state index contributed by atoms with van der Waals surface area (Å²) in [6.07, 6.45) is 4.71. The smallest absolute Gasteiger partial charge is 0.153 e. The van der Waals surface area contributed by atoms with Gasteiger partial charge in [0, 0.05) is 18.9 Å². The van der Waals surface area contributed by atoms with Gasteiger partial charge in [-0.05, 0) is 31.0 Å². The second-order valence-corrected chi connectivity index (χ2v) is 4.17. The molecule has 3 N–H and O–H groups in total. The van der Waals surface area contributed by atoms with Gasteiger partial charge in [0.05, 0.1) is 6.54 Å². The number of aromatic nitrogens is 1. The van der Waals surface area contributed by atoms with Crippen LogP contribution in [0.15, 0.2) is 23.6 Å². The molecule has 0 saturated heterocycles. The Bertz CT molecular complexity index is 379. The van der Waals surface area contributed by atoms with E-state index in [2.05, 4.69) is 28.0 Å². The Labute approximate surface area is 102 Å². The Morgan fingerprint density at radius 3 is 2.88 bits per heavy atom. The Balaban J connectivity index is 2.66. The van der Waals surface area contributed by atoms with Crippen LogP contribution in [0, 0.1) is 6.92 Å². The van der Waals surface area contributed by atoms with Crippen LogP contribution in [0.3, 0.4) is 0 Å². The Kier molecular flexibility index (Phi) is 5.42. The van der Waals surface area contributed by atoms with Crippen molar-refractivity contribution in [2.45, 2.75) is 26.8 Å². The Morgan fingerprint density at radius 1 is 1.53 bits per heavy atom. The number of aryl methyl sites for hydroxylation is 1. The molecule has 1 aromatic heterocycles. The molecule has 5 heteroatoms. The van der Waals surface area contributed by atoms with Gasteiger partial charge in [0.15, 0.2) is 5.84 Å². The van der Waals surface area contributed by atoms with E-state index in [1.165, 1.54) is 0 Å². The van der Waals surface area contributed by atoms with Gasteiger partial charge < -0.3 is 10.9 Å². The monoisotopic (exact) mass is 236 g/mol. The summed E-state index contributed by atoms with van der Waals surface area (Å²) >= 11 is 0. The number of nitrogens with two attached hydrogens (primary N) is 1. The summed E-state index contributed by atoms with van der Waals surface area (Å²) in [6, 6.07) is 2.10. The molecule has 94 valence electrons. The van der Waals surface area contributed by atoms with E-state index in [1.54, 1.807) is 0 Å². The number of oxime groups is 1. The normalized spacial score (nSPS) is 12.1. The van der Waals surface area contributed by atoms with E-state index in [9.17, 15) is 0 Å². The average Bonchev–Trinajstić information content (AvgIpc) is 2.29. The maximum Gasteiger partial charge on any atom is 0.153 e. The van der Waals surface area contributed by atoms with Crippen molar-refractivity contribution in [2.24, 2.45) is 10.9 Å². The average molecular weight is 236 g/mol. The minimum atomic E-state index is 0.235. The van der Waals surface area contributed by atoms with Gasteiger partial charge in [-0.2, -0.15) is 0 Å². The molecule has 0 atom stereocenters. The van der Waals surface area contributed by atoms with Crippen molar-refractivity contribution in [1.29, 1.82) is 0 Å². The first kappa shape index (κ1) is 13.4. The first-order valence-electron chi connectivity index (χ1n) is 5.75. The minimum absolute atomic E-state index is 0.235. The third kappa shape index (κ3) is 4.82. The molecule has 1 aromatic rings. The third-order valence-corrected chi connectivity index (χ3v) is 2.39. The highest BCUT2D eigenvalue weighted by Gasteiger charge is 2.07. The van der Waals surface area contributed by atoms with Gasteiger partial charge in [0.1, 0.15) is 0 Å². The Morgan fingerprint density at radius 2 is 2.29 bits per heavy atom. The van der Waals surface area contributed by atoms with Crippen LogP contribution in [0.2, 0.25) is 0 Å². The summed E-state index contributed by atoms with van der Waals surface area (Å²) in [5.41, 5.74) is 7.81. The molecule has 0 bridgehead atoms. The number of nitrogens with zero attached hydrogens (tertiary/aromatic N) is 3. The van der Waals surface area contributed by atoms with Gasteiger partial charge in [-0.25, -0.2) is 0 Å². The van der Waals surface area contributed by atoms with Crippen LogP contribution in [0.25, 0.3) is 0 Å². The molecular weight excluding hydrogens is 216 g/mol. The summed E-state index contributed by atoms with van der Waals surface area (Å²) in [7, 11) is 0. The van der Waals surface area contributed by atoms with E-state index in [4.69, 9.17) is 10.9 Å². The van der Waals surface area contributed by atoms with Crippen molar-refractivity contribution in [3.8, 4) is 0 Å². The molecule has 1 rings (SSSR count). The minimum Gasteiger partial charge on any atom is -0.409 e. The maximum absolute atomic E-state index is 8.59. The van der Waals surface area contributed by atoms with Gasteiger partial charge in [0.2, 0.25) is 0 Å². The number of hydrogen-bond donors (Lipinski definition) is 2. The van der Waals surface area contributed by atoms with Gasteiger partial charge in [0.25, 0.3) is 0 Å². The zero-order valence-electron chi connectivity index (χ0n) is 10.4. The number of hydrogen-bond acceptors (Lipinski definition) is 4. The standard InChI is InChI=1S/C12H20N4O/c1-3-4-16(9-12(13)15-17)8-11-5-10(2)6-14-7-11/h5-7,17H,3-4,8-9H2,1-2H3,(H2,13,15). The van der Waals surface area contributed by atoms with E-state index < -0.39 is 0 Å². The van der Waals surface area contributed by atoms with Crippen LogP contribution < -0.4 is 5.73 Å². The molecule has 0 saturated carbocycles. The van der Waals surface area contributed by atoms with Crippen molar-refractivity contribution in [1.82, 2.24) is 9.88 Å². The molecule has 1 heterocycles. The molecule has 5 nitrogen and oxygen atoms in total. The lowest BCUT2D eigenvalue weighted by molar-refractivity contribution is 0.285. The number of pyridine rings is 1. The molecule has 0 unspecified atom stereocenters. The number of amidine groups is 1. The topological polar surface area (TPSA) is 74.7 Å². The van der Waals surface area contributed by atoms with E-state index >= 15 is 0 Å². The fraction of sp³-hybridized carbons (Fsp3) is 0.500. The molecule has 17 heavy (non-hydrogen) atoms. The molecule has 0 amide bonds. The third-order valence-electron chi connectivity index (χ3n) is 2.39. The maximum atomic E-state index is 8.59. The van der Waals surface area contributed by atoms with E-state index in [-0.39, 0.29) is 5.84 Å². The highest BCUT2D eigenvalue weighted by molar-refractivity contribution is 5.81. The zero-order valence-corrected chi connectivity index (χ0v) is 10.4. The molecule has 0 spiro atoms. The fourth-order valence-electron chi connectivity index (χ4n) is 1.75. The first-order chi connectivity index (χ1) is 8.15. The quantitative estimate of drug-likeness (QED) is 0.338. The van der Waals surface area contributed by atoms with Gasteiger partial charge in [-0.1, -0.05) is 18.1 Å². The van der Waals surface area contributed by atoms with E-state index in [1.807, 2.05) is 19.3 Å². The van der Waals surface area contributed by atoms with Gasteiger partial charge in [-0.15, -0.1) is 0 Å². The van der Waals surface area contributed by atoms with Crippen LogP contribution in [0.5, 0.6) is 0 Å². The van der Waals surface area contributed by atoms with Crippen molar-refractivity contribution >= 4 is 5.84 Å². The second kappa shape index (κ2) is 6.85.